The van der Waals surface area contributed by atoms with Crippen LogP contribution in [0, 0.1) is 0 Å². The topological polar surface area (TPSA) is 86.2 Å². The zero-order chi connectivity index (χ0) is 12.3. The number of ether oxygens (including phenoxy) is 1. The van der Waals surface area contributed by atoms with Gasteiger partial charge < -0.3 is 20.2 Å². The van der Waals surface area contributed by atoms with Gasteiger partial charge in [-0.1, -0.05) is 5.10 Å². The molecule has 7 heteroatoms. The number of hydrogen-bond donors (Lipinski definition) is 2. The van der Waals surface area contributed by atoms with Crippen LogP contribution in [0.1, 0.15) is 5.89 Å². The highest BCUT2D eigenvalue weighted by atomic mass is 79.9. The van der Waals surface area contributed by atoms with Gasteiger partial charge in [0.25, 0.3) is 0 Å². The minimum Gasteiger partial charge on any atom is -0.496 e. The molecule has 3 N–H and O–H groups in total. The molecule has 0 aliphatic rings. The summed E-state index contributed by atoms with van der Waals surface area (Å²) in [7, 11) is 1.61. The summed E-state index contributed by atoms with van der Waals surface area (Å²) in [5.41, 5.74) is 6.18. The van der Waals surface area contributed by atoms with E-state index in [0.29, 0.717) is 11.9 Å². The number of nitrogens with zero attached hydrogens (tertiary/aromatic N) is 2. The molecule has 2 aromatic rings. The number of nitrogens with two attached hydrogens (primary N) is 1. The van der Waals surface area contributed by atoms with Crippen molar-refractivity contribution in [3.8, 4) is 5.75 Å². The number of halogens is 1. The lowest BCUT2D eigenvalue weighted by molar-refractivity contribution is 0.412. The first-order valence-electron chi connectivity index (χ1n) is 4.86. The highest BCUT2D eigenvalue weighted by molar-refractivity contribution is 9.10. The molecule has 0 amide bonds. The van der Waals surface area contributed by atoms with Crippen molar-refractivity contribution in [2.24, 2.45) is 5.73 Å². The fraction of sp³-hybridized carbons (Fsp3) is 0.200. The lowest BCUT2D eigenvalue weighted by Gasteiger charge is -2.05. The molecule has 0 atom stereocenters. The van der Waals surface area contributed by atoms with E-state index < -0.39 is 0 Å². The first-order chi connectivity index (χ1) is 8.22. The van der Waals surface area contributed by atoms with Gasteiger partial charge in [-0.3, -0.25) is 0 Å². The summed E-state index contributed by atoms with van der Waals surface area (Å²) in [4.78, 5) is 0. The molecule has 1 aromatic heterocycles. The molecule has 6 nitrogen and oxygen atoms in total. The van der Waals surface area contributed by atoms with Crippen molar-refractivity contribution in [3.63, 3.8) is 0 Å². The Hall–Kier alpha value is -1.60. The highest BCUT2D eigenvalue weighted by Crippen LogP contribution is 2.28. The van der Waals surface area contributed by atoms with Crippen LogP contribution >= 0.6 is 15.9 Å². The van der Waals surface area contributed by atoms with Gasteiger partial charge in [0.2, 0.25) is 5.89 Å². The molecule has 17 heavy (non-hydrogen) atoms. The second kappa shape index (κ2) is 5.15. The number of anilines is 2. The smallest absolute Gasteiger partial charge is 0.320 e. The van der Waals surface area contributed by atoms with E-state index >= 15 is 0 Å². The van der Waals surface area contributed by atoms with Crippen molar-refractivity contribution >= 4 is 27.6 Å². The molecule has 90 valence electrons. The highest BCUT2D eigenvalue weighted by Gasteiger charge is 2.06. The first-order valence-corrected chi connectivity index (χ1v) is 5.65. The van der Waals surface area contributed by atoms with Gasteiger partial charge in [-0.15, -0.1) is 5.10 Å². The molecular weight excluding hydrogens is 288 g/mol. The Balaban J connectivity index is 2.15. The third kappa shape index (κ3) is 2.75. The van der Waals surface area contributed by atoms with Crippen LogP contribution in [0.5, 0.6) is 5.75 Å². The maximum absolute atomic E-state index is 5.37. The van der Waals surface area contributed by atoms with Crippen LogP contribution in [-0.2, 0) is 6.54 Å². The van der Waals surface area contributed by atoms with E-state index in [-0.39, 0.29) is 6.54 Å². The predicted molar refractivity (Wildman–Crippen MR) is 66.2 cm³/mol. The van der Waals surface area contributed by atoms with Gasteiger partial charge in [0.1, 0.15) is 5.75 Å². The van der Waals surface area contributed by atoms with E-state index in [0.717, 1.165) is 15.9 Å². The van der Waals surface area contributed by atoms with Gasteiger partial charge in [-0.2, -0.15) is 0 Å². The zero-order valence-corrected chi connectivity index (χ0v) is 10.7. The molecule has 1 aromatic carbocycles. The van der Waals surface area contributed by atoms with Crippen LogP contribution in [0.25, 0.3) is 0 Å². The molecule has 0 saturated heterocycles. The average molecular weight is 299 g/mol. The Bertz CT molecular complexity index is 515. The minimum absolute atomic E-state index is 0.223. The van der Waals surface area contributed by atoms with Crippen LogP contribution in [0.2, 0.25) is 0 Å². The van der Waals surface area contributed by atoms with E-state index in [9.17, 15) is 0 Å². The third-order valence-corrected chi connectivity index (χ3v) is 2.66. The Morgan fingerprint density at radius 1 is 1.47 bits per heavy atom. The number of hydrogen-bond acceptors (Lipinski definition) is 6. The molecule has 1 heterocycles. The van der Waals surface area contributed by atoms with Crippen LogP contribution in [0.4, 0.5) is 11.7 Å². The Morgan fingerprint density at radius 2 is 2.29 bits per heavy atom. The zero-order valence-electron chi connectivity index (χ0n) is 9.11. The fourth-order valence-electron chi connectivity index (χ4n) is 1.25. The Kier molecular flexibility index (Phi) is 3.60. The molecule has 0 saturated carbocycles. The van der Waals surface area contributed by atoms with Crippen molar-refractivity contribution < 1.29 is 9.15 Å². The van der Waals surface area contributed by atoms with Gasteiger partial charge in [-0.25, -0.2) is 0 Å². The average Bonchev–Trinajstić information content (AvgIpc) is 2.77. The second-order valence-corrected chi connectivity index (χ2v) is 4.03. The van der Waals surface area contributed by atoms with Gasteiger partial charge in [0, 0.05) is 5.69 Å². The largest absolute Gasteiger partial charge is 0.496 e. The summed E-state index contributed by atoms with van der Waals surface area (Å²) in [6.45, 7) is 0.223. The summed E-state index contributed by atoms with van der Waals surface area (Å²) >= 11 is 3.39. The minimum atomic E-state index is 0.223. The summed E-state index contributed by atoms with van der Waals surface area (Å²) in [5, 5.41) is 10.5. The van der Waals surface area contributed by atoms with Crippen molar-refractivity contribution in [1.29, 1.82) is 0 Å². The van der Waals surface area contributed by atoms with Crippen molar-refractivity contribution in [3.05, 3.63) is 28.6 Å². The number of rotatable bonds is 4. The first kappa shape index (κ1) is 11.9. The fourth-order valence-corrected chi connectivity index (χ4v) is 1.79. The Morgan fingerprint density at radius 3 is 2.88 bits per heavy atom. The van der Waals surface area contributed by atoms with Gasteiger partial charge in [0.05, 0.1) is 18.1 Å². The maximum atomic E-state index is 5.37. The van der Waals surface area contributed by atoms with Crippen molar-refractivity contribution in [2.75, 3.05) is 12.4 Å². The van der Waals surface area contributed by atoms with E-state index in [1.807, 2.05) is 18.2 Å². The molecule has 0 unspecified atom stereocenters. The summed E-state index contributed by atoms with van der Waals surface area (Å²) in [6, 6.07) is 5.83. The molecule has 0 fully saturated rings. The van der Waals surface area contributed by atoms with E-state index in [4.69, 9.17) is 14.9 Å². The number of methoxy groups -OCH3 is 1. The number of nitrogens with one attached hydrogen (secondary N) is 1. The lowest BCUT2D eigenvalue weighted by atomic mass is 10.3. The van der Waals surface area contributed by atoms with Gasteiger partial charge in [-0.05, 0) is 34.1 Å². The van der Waals surface area contributed by atoms with E-state index in [1.165, 1.54) is 0 Å². The standard InChI is InChI=1S/C10H11BrN4O2/c1-16-8-3-2-6(4-7(8)11)13-10-15-14-9(5-12)17-10/h2-4H,5,12H2,1H3,(H,13,15). The summed E-state index contributed by atoms with van der Waals surface area (Å²) in [6.07, 6.45) is 0. The molecule has 0 radical (unpaired) electrons. The molecule has 2 rings (SSSR count). The molecule has 0 spiro atoms. The molecule has 0 aliphatic heterocycles. The van der Waals surface area contributed by atoms with E-state index in [2.05, 4.69) is 31.4 Å². The Labute approximate surface area is 106 Å². The maximum Gasteiger partial charge on any atom is 0.320 e. The van der Waals surface area contributed by atoms with Crippen LogP contribution in [-0.4, -0.2) is 17.3 Å². The van der Waals surface area contributed by atoms with Crippen LogP contribution in [0.3, 0.4) is 0 Å². The van der Waals surface area contributed by atoms with Crippen molar-refractivity contribution in [1.82, 2.24) is 10.2 Å². The monoisotopic (exact) mass is 298 g/mol. The SMILES string of the molecule is COc1ccc(Nc2nnc(CN)o2)cc1Br. The van der Waals surface area contributed by atoms with Gasteiger partial charge >= 0.3 is 6.01 Å². The second-order valence-electron chi connectivity index (χ2n) is 3.18. The van der Waals surface area contributed by atoms with Crippen LogP contribution in [0.15, 0.2) is 27.1 Å². The normalized spacial score (nSPS) is 10.3. The summed E-state index contributed by atoms with van der Waals surface area (Å²) in [5.74, 6) is 1.14. The predicted octanol–water partition coefficient (Wildman–Crippen LogP) is 2.04. The molecule has 0 aliphatic carbocycles. The van der Waals surface area contributed by atoms with Gasteiger partial charge in [0.15, 0.2) is 0 Å². The number of benzene rings is 1. The van der Waals surface area contributed by atoms with E-state index in [1.54, 1.807) is 7.11 Å². The third-order valence-electron chi connectivity index (χ3n) is 2.04. The number of aromatic nitrogens is 2. The quantitative estimate of drug-likeness (QED) is 0.898. The lowest BCUT2D eigenvalue weighted by Crippen LogP contribution is -1.95. The summed E-state index contributed by atoms with van der Waals surface area (Å²) < 4.78 is 11.2. The molecular formula is C10H11BrN4O2. The van der Waals surface area contributed by atoms with Crippen LogP contribution < -0.4 is 15.8 Å². The molecule has 0 bridgehead atoms. The van der Waals surface area contributed by atoms with Crippen molar-refractivity contribution in [2.45, 2.75) is 6.54 Å².